The number of carbonyl (C=O) groups is 1. The summed E-state index contributed by atoms with van der Waals surface area (Å²) in [5.41, 5.74) is 3.97. The Morgan fingerprint density at radius 2 is 2.00 bits per heavy atom. The number of hydrogen-bond donors (Lipinski definition) is 2. The molecular formula is C17H16FNO2. The molecule has 2 N–H and O–H groups in total. The lowest BCUT2D eigenvalue weighted by Crippen LogP contribution is -2.29. The quantitative estimate of drug-likeness (QED) is 0.871. The lowest BCUT2D eigenvalue weighted by atomic mass is 9.86. The average Bonchev–Trinajstić information content (AvgIpc) is 2.46. The maximum atomic E-state index is 13.3. The summed E-state index contributed by atoms with van der Waals surface area (Å²) in [6.45, 7) is 0. The molecule has 4 heteroatoms. The molecule has 3 rings (SSSR count). The van der Waals surface area contributed by atoms with Gasteiger partial charge in [0.1, 0.15) is 5.82 Å². The molecule has 1 aliphatic rings. The number of aryl methyl sites for hydroxylation is 1. The van der Waals surface area contributed by atoms with Crippen molar-refractivity contribution in [1.29, 1.82) is 0 Å². The molecule has 0 saturated heterocycles. The Kier molecular flexibility index (Phi) is 3.60. The van der Waals surface area contributed by atoms with Gasteiger partial charge in [0.25, 0.3) is 0 Å². The second kappa shape index (κ2) is 5.56. The maximum absolute atomic E-state index is 13.3. The maximum Gasteiger partial charge on any atom is 0.405 e. The van der Waals surface area contributed by atoms with Crippen LogP contribution < -0.4 is 5.32 Å². The minimum atomic E-state index is -0.998. The molecule has 2 aromatic carbocycles. The summed E-state index contributed by atoms with van der Waals surface area (Å²) in [5.74, 6) is -0.254. The van der Waals surface area contributed by atoms with Gasteiger partial charge in [-0.2, -0.15) is 0 Å². The van der Waals surface area contributed by atoms with Gasteiger partial charge in [0.15, 0.2) is 0 Å². The van der Waals surface area contributed by atoms with Gasteiger partial charge < -0.3 is 10.4 Å². The monoisotopic (exact) mass is 285 g/mol. The van der Waals surface area contributed by atoms with E-state index in [1.165, 1.54) is 12.1 Å². The Morgan fingerprint density at radius 1 is 1.19 bits per heavy atom. The van der Waals surface area contributed by atoms with Crippen LogP contribution in [-0.2, 0) is 6.42 Å². The summed E-state index contributed by atoms with van der Waals surface area (Å²) in [5, 5.41) is 11.5. The highest BCUT2D eigenvalue weighted by Gasteiger charge is 2.21. The van der Waals surface area contributed by atoms with Crippen molar-refractivity contribution in [1.82, 2.24) is 5.32 Å². The highest BCUT2D eigenvalue weighted by Crippen LogP contribution is 2.33. The zero-order valence-corrected chi connectivity index (χ0v) is 11.5. The molecule has 0 radical (unpaired) electrons. The first-order valence-corrected chi connectivity index (χ1v) is 7.02. The van der Waals surface area contributed by atoms with Gasteiger partial charge in [-0.15, -0.1) is 0 Å². The molecule has 1 unspecified atom stereocenters. The third-order valence-electron chi connectivity index (χ3n) is 3.91. The molecule has 108 valence electrons. The van der Waals surface area contributed by atoms with E-state index in [9.17, 15) is 9.18 Å². The first-order valence-electron chi connectivity index (χ1n) is 7.02. The summed E-state index contributed by atoms with van der Waals surface area (Å²) >= 11 is 0. The number of rotatable bonds is 2. The smallest absolute Gasteiger partial charge is 0.405 e. The molecule has 0 fully saturated rings. The van der Waals surface area contributed by atoms with Crippen molar-refractivity contribution >= 4 is 6.09 Å². The highest BCUT2D eigenvalue weighted by atomic mass is 19.1. The van der Waals surface area contributed by atoms with Crippen molar-refractivity contribution < 1.29 is 14.3 Å². The Hall–Kier alpha value is -2.36. The van der Waals surface area contributed by atoms with Crippen molar-refractivity contribution in [3.8, 4) is 11.1 Å². The van der Waals surface area contributed by atoms with Gasteiger partial charge in [0, 0.05) is 0 Å². The minimum Gasteiger partial charge on any atom is -0.465 e. The van der Waals surface area contributed by atoms with Crippen LogP contribution in [0.1, 0.15) is 30.0 Å². The summed E-state index contributed by atoms with van der Waals surface area (Å²) in [6.07, 6.45) is 1.70. The van der Waals surface area contributed by atoms with Crippen LogP contribution in [0.4, 0.5) is 9.18 Å². The van der Waals surface area contributed by atoms with Crippen LogP contribution >= 0.6 is 0 Å². The van der Waals surface area contributed by atoms with Crippen molar-refractivity contribution in [2.45, 2.75) is 25.3 Å². The lowest BCUT2D eigenvalue weighted by Gasteiger charge is -2.26. The second-order valence-electron chi connectivity index (χ2n) is 5.32. The zero-order chi connectivity index (χ0) is 14.8. The second-order valence-corrected chi connectivity index (χ2v) is 5.32. The van der Waals surface area contributed by atoms with Gasteiger partial charge in [-0.05, 0) is 53.6 Å². The fraction of sp³-hybridized carbons (Fsp3) is 0.235. The molecule has 21 heavy (non-hydrogen) atoms. The number of halogens is 1. The van der Waals surface area contributed by atoms with E-state index in [1.54, 1.807) is 6.07 Å². The highest BCUT2D eigenvalue weighted by molar-refractivity contribution is 5.67. The van der Waals surface area contributed by atoms with Gasteiger partial charge in [0.05, 0.1) is 6.04 Å². The molecule has 0 spiro atoms. The molecular weight excluding hydrogens is 269 g/mol. The number of amides is 1. The fourth-order valence-corrected chi connectivity index (χ4v) is 2.96. The van der Waals surface area contributed by atoms with E-state index in [4.69, 9.17) is 5.11 Å². The van der Waals surface area contributed by atoms with Crippen LogP contribution in [0.3, 0.4) is 0 Å². The van der Waals surface area contributed by atoms with Crippen molar-refractivity contribution in [3.63, 3.8) is 0 Å². The van der Waals surface area contributed by atoms with Gasteiger partial charge in [0.2, 0.25) is 0 Å². The molecule has 3 nitrogen and oxygen atoms in total. The van der Waals surface area contributed by atoms with E-state index in [2.05, 4.69) is 5.32 Å². The predicted molar refractivity (Wildman–Crippen MR) is 78.7 cm³/mol. The SMILES string of the molecule is O=C(O)NC1CCCc2cc(-c3cccc(F)c3)ccc21. The van der Waals surface area contributed by atoms with Crippen LogP contribution in [-0.4, -0.2) is 11.2 Å². The van der Waals surface area contributed by atoms with E-state index in [0.717, 1.165) is 41.5 Å². The number of nitrogens with one attached hydrogen (secondary N) is 1. The molecule has 2 aromatic rings. The van der Waals surface area contributed by atoms with E-state index in [-0.39, 0.29) is 11.9 Å². The first-order chi connectivity index (χ1) is 10.1. The fourth-order valence-electron chi connectivity index (χ4n) is 2.96. The molecule has 0 saturated carbocycles. The van der Waals surface area contributed by atoms with Gasteiger partial charge in [-0.3, -0.25) is 0 Å². The molecule has 0 aliphatic heterocycles. The van der Waals surface area contributed by atoms with Crippen molar-refractivity contribution in [3.05, 3.63) is 59.4 Å². The lowest BCUT2D eigenvalue weighted by molar-refractivity contribution is 0.188. The van der Waals surface area contributed by atoms with Gasteiger partial charge >= 0.3 is 6.09 Å². The van der Waals surface area contributed by atoms with Crippen LogP contribution in [0.15, 0.2) is 42.5 Å². The van der Waals surface area contributed by atoms with Crippen molar-refractivity contribution in [2.24, 2.45) is 0 Å². The standard InChI is InChI=1S/C17H16FNO2/c18-14-5-1-3-11(10-14)12-7-8-15-13(9-12)4-2-6-16(15)19-17(20)21/h1,3,5,7-10,16,19H,2,4,6H2,(H,20,21). The molecule has 1 aliphatic carbocycles. The third kappa shape index (κ3) is 2.89. The zero-order valence-electron chi connectivity index (χ0n) is 11.5. The van der Waals surface area contributed by atoms with Crippen molar-refractivity contribution in [2.75, 3.05) is 0 Å². The first kappa shape index (κ1) is 13.6. The largest absolute Gasteiger partial charge is 0.465 e. The van der Waals surface area contributed by atoms with Crippen LogP contribution in [0.5, 0.6) is 0 Å². The summed E-state index contributed by atoms with van der Waals surface area (Å²) < 4.78 is 13.3. The van der Waals surface area contributed by atoms with Crippen LogP contribution in [0.2, 0.25) is 0 Å². The van der Waals surface area contributed by atoms with E-state index >= 15 is 0 Å². The molecule has 0 aromatic heterocycles. The Bertz CT molecular complexity index is 684. The predicted octanol–water partition coefficient (Wildman–Crippen LogP) is 4.14. The molecule has 1 amide bonds. The van der Waals surface area contributed by atoms with Crippen LogP contribution in [0, 0.1) is 5.82 Å². The number of fused-ring (bicyclic) bond motifs is 1. The normalized spacial score (nSPS) is 17.1. The van der Waals surface area contributed by atoms with E-state index < -0.39 is 6.09 Å². The van der Waals surface area contributed by atoms with Crippen LogP contribution in [0.25, 0.3) is 11.1 Å². The Balaban J connectivity index is 1.96. The van der Waals surface area contributed by atoms with Gasteiger partial charge in [-0.1, -0.05) is 30.3 Å². The number of hydrogen-bond acceptors (Lipinski definition) is 1. The average molecular weight is 285 g/mol. The minimum absolute atomic E-state index is 0.146. The summed E-state index contributed by atoms with van der Waals surface area (Å²) in [4.78, 5) is 10.9. The van der Waals surface area contributed by atoms with E-state index in [0.29, 0.717) is 0 Å². The number of benzene rings is 2. The molecule has 0 heterocycles. The summed E-state index contributed by atoms with van der Waals surface area (Å²) in [7, 11) is 0. The summed E-state index contributed by atoms with van der Waals surface area (Å²) in [6, 6.07) is 12.3. The Morgan fingerprint density at radius 3 is 2.76 bits per heavy atom. The Labute approximate surface area is 122 Å². The van der Waals surface area contributed by atoms with E-state index in [1.807, 2.05) is 24.3 Å². The number of carboxylic acid groups (broad SMARTS) is 1. The molecule has 1 atom stereocenters. The van der Waals surface area contributed by atoms with Gasteiger partial charge in [-0.25, -0.2) is 9.18 Å². The third-order valence-corrected chi connectivity index (χ3v) is 3.91. The molecule has 0 bridgehead atoms. The topological polar surface area (TPSA) is 49.3 Å².